The van der Waals surface area contributed by atoms with Crippen LogP contribution in [0.1, 0.15) is 41.0 Å². The Hall–Kier alpha value is -3.09. The van der Waals surface area contributed by atoms with Crippen LogP contribution in [0.25, 0.3) is 11.4 Å². The van der Waals surface area contributed by atoms with E-state index in [9.17, 15) is 4.79 Å². The third kappa shape index (κ3) is 3.45. The van der Waals surface area contributed by atoms with Crippen molar-refractivity contribution in [1.29, 1.82) is 0 Å². The molecule has 2 aromatic heterocycles. The molecule has 1 amide bonds. The van der Waals surface area contributed by atoms with E-state index < -0.39 is 0 Å². The van der Waals surface area contributed by atoms with E-state index in [4.69, 9.17) is 4.74 Å². The summed E-state index contributed by atoms with van der Waals surface area (Å²) in [5.41, 5.74) is 3.35. The summed E-state index contributed by atoms with van der Waals surface area (Å²) in [4.78, 5) is 20.4. The molecule has 1 unspecified atom stereocenters. The molecule has 7 heteroatoms. The van der Waals surface area contributed by atoms with Gasteiger partial charge < -0.3 is 15.0 Å². The molecule has 0 saturated carbocycles. The van der Waals surface area contributed by atoms with E-state index in [0.29, 0.717) is 24.5 Å². The second-order valence-electron chi connectivity index (χ2n) is 6.79. The van der Waals surface area contributed by atoms with Crippen LogP contribution in [-0.4, -0.2) is 39.3 Å². The molecule has 1 atom stereocenters. The molecule has 2 N–H and O–H groups in total. The molecular formula is C20H23N5O2. The number of nitrogens with zero attached hydrogens (tertiary/aromatic N) is 3. The normalized spacial score (nSPS) is 16.5. The number of amides is 1. The fraction of sp³-hybridized carbons (Fsp3) is 0.350. The summed E-state index contributed by atoms with van der Waals surface area (Å²) in [6, 6.07) is 7.99. The Bertz CT molecular complexity index is 959. The summed E-state index contributed by atoms with van der Waals surface area (Å²) in [6.07, 6.45) is 5.46. The number of benzene rings is 1. The first kappa shape index (κ1) is 17.3. The minimum atomic E-state index is -0.140. The Morgan fingerprint density at radius 1 is 1.37 bits per heavy atom. The lowest BCUT2D eigenvalue weighted by atomic mass is 9.94. The van der Waals surface area contributed by atoms with Gasteiger partial charge in [-0.15, -0.1) is 0 Å². The summed E-state index contributed by atoms with van der Waals surface area (Å²) < 4.78 is 7.23. The predicted molar refractivity (Wildman–Crippen MR) is 102 cm³/mol. The van der Waals surface area contributed by atoms with Crippen molar-refractivity contribution in [1.82, 2.24) is 25.1 Å². The Morgan fingerprint density at radius 2 is 2.26 bits per heavy atom. The Labute approximate surface area is 157 Å². The van der Waals surface area contributed by atoms with Gasteiger partial charge in [-0.25, -0.2) is 4.98 Å². The number of ether oxygens (including phenoxy) is 1. The van der Waals surface area contributed by atoms with Gasteiger partial charge in [0.15, 0.2) is 0 Å². The first-order chi connectivity index (χ1) is 13.2. The van der Waals surface area contributed by atoms with Gasteiger partial charge in [0.05, 0.1) is 18.9 Å². The smallest absolute Gasteiger partial charge is 0.271 e. The van der Waals surface area contributed by atoms with Gasteiger partial charge in [-0.05, 0) is 30.5 Å². The largest absolute Gasteiger partial charge is 0.497 e. The Kier molecular flexibility index (Phi) is 4.66. The summed E-state index contributed by atoms with van der Waals surface area (Å²) >= 11 is 0. The molecular weight excluding hydrogens is 342 g/mol. The van der Waals surface area contributed by atoms with Crippen molar-refractivity contribution in [3.63, 3.8) is 0 Å². The predicted octanol–water partition coefficient (Wildman–Crippen LogP) is 2.76. The summed E-state index contributed by atoms with van der Waals surface area (Å²) in [6.45, 7) is 3.54. The van der Waals surface area contributed by atoms with E-state index in [1.165, 1.54) is 0 Å². The lowest BCUT2D eigenvalue weighted by Crippen LogP contribution is -2.26. The second kappa shape index (κ2) is 7.26. The van der Waals surface area contributed by atoms with Gasteiger partial charge in [0.1, 0.15) is 17.3 Å². The third-order valence-electron chi connectivity index (χ3n) is 4.88. The SMILES string of the molecule is CCCn1cc(-c2nc3c([nH]2)CC(c2cccc(OC)c2)CNC3=O)cn1. The van der Waals surface area contributed by atoms with Gasteiger partial charge in [-0.1, -0.05) is 19.1 Å². The topological polar surface area (TPSA) is 84.8 Å². The van der Waals surface area contributed by atoms with Crippen molar-refractivity contribution in [3.05, 3.63) is 53.6 Å². The van der Waals surface area contributed by atoms with Crippen molar-refractivity contribution in [2.75, 3.05) is 13.7 Å². The van der Waals surface area contributed by atoms with Crippen molar-refractivity contribution < 1.29 is 9.53 Å². The number of fused-ring (bicyclic) bond motifs is 1. The zero-order chi connectivity index (χ0) is 18.8. The number of rotatable bonds is 5. The van der Waals surface area contributed by atoms with Crippen molar-refractivity contribution in [2.45, 2.75) is 32.2 Å². The molecule has 27 heavy (non-hydrogen) atoms. The van der Waals surface area contributed by atoms with E-state index in [1.807, 2.05) is 29.1 Å². The number of imidazole rings is 1. The minimum absolute atomic E-state index is 0.140. The monoisotopic (exact) mass is 365 g/mol. The molecule has 0 radical (unpaired) electrons. The number of aromatic nitrogens is 4. The zero-order valence-electron chi connectivity index (χ0n) is 15.5. The third-order valence-corrected chi connectivity index (χ3v) is 4.88. The highest BCUT2D eigenvalue weighted by Crippen LogP contribution is 2.28. The number of hydrogen-bond acceptors (Lipinski definition) is 4. The fourth-order valence-corrected chi connectivity index (χ4v) is 3.47. The van der Waals surface area contributed by atoms with Gasteiger partial charge in [0.2, 0.25) is 0 Å². The highest BCUT2D eigenvalue weighted by Gasteiger charge is 2.27. The molecule has 1 aromatic carbocycles. The molecule has 3 heterocycles. The number of carbonyl (C=O) groups excluding carboxylic acids is 1. The van der Waals surface area contributed by atoms with Crippen LogP contribution in [-0.2, 0) is 13.0 Å². The maximum atomic E-state index is 12.5. The number of nitrogens with one attached hydrogen (secondary N) is 2. The van der Waals surface area contributed by atoms with Crippen molar-refractivity contribution in [2.24, 2.45) is 0 Å². The van der Waals surface area contributed by atoms with E-state index in [1.54, 1.807) is 13.3 Å². The van der Waals surface area contributed by atoms with Crippen LogP contribution >= 0.6 is 0 Å². The molecule has 7 nitrogen and oxygen atoms in total. The number of methoxy groups -OCH3 is 1. The highest BCUT2D eigenvalue weighted by atomic mass is 16.5. The van der Waals surface area contributed by atoms with Gasteiger partial charge in [-0.2, -0.15) is 5.10 Å². The fourth-order valence-electron chi connectivity index (χ4n) is 3.47. The lowest BCUT2D eigenvalue weighted by Gasteiger charge is -2.15. The second-order valence-corrected chi connectivity index (χ2v) is 6.79. The maximum absolute atomic E-state index is 12.5. The van der Waals surface area contributed by atoms with Gasteiger partial charge in [-0.3, -0.25) is 9.48 Å². The Balaban J connectivity index is 1.64. The summed E-state index contributed by atoms with van der Waals surface area (Å²) in [5, 5.41) is 7.34. The van der Waals surface area contributed by atoms with Crippen LogP contribution in [0.2, 0.25) is 0 Å². The Morgan fingerprint density at radius 3 is 3.07 bits per heavy atom. The average Bonchev–Trinajstić information content (AvgIpc) is 3.29. The molecule has 3 aromatic rings. The van der Waals surface area contributed by atoms with Gasteiger partial charge in [0.25, 0.3) is 5.91 Å². The number of aryl methyl sites for hydroxylation is 1. The average molecular weight is 365 g/mol. The molecule has 0 aliphatic carbocycles. The number of H-pyrrole nitrogens is 1. The molecule has 0 bridgehead atoms. The van der Waals surface area contributed by atoms with Crippen LogP contribution in [0.15, 0.2) is 36.7 Å². The van der Waals surface area contributed by atoms with Gasteiger partial charge in [0, 0.05) is 30.9 Å². The molecule has 1 aliphatic rings. The molecule has 0 saturated heterocycles. The van der Waals surface area contributed by atoms with Crippen LogP contribution in [0.4, 0.5) is 0 Å². The van der Waals surface area contributed by atoms with E-state index in [2.05, 4.69) is 33.4 Å². The van der Waals surface area contributed by atoms with E-state index in [-0.39, 0.29) is 11.8 Å². The molecule has 0 spiro atoms. The van der Waals surface area contributed by atoms with Crippen LogP contribution in [0.3, 0.4) is 0 Å². The quantitative estimate of drug-likeness (QED) is 0.728. The first-order valence-corrected chi connectivity index (χ1v) is 9.21. The lowest BCUT2D eigenvalue weighted by molar-refractivity contribution is 0.0950. The molecule has 4 rings (SSSR count). The number of hydrogen-bond donors (Lipinski definition) is 2. The molecule has 0 fully saturated rings. The zero-order valence-corrected chi connectivity index (χ0v) is 15.5. The number of carbonyl (C=O) groups is 1. The highest BCUT2D eigenvalue weighted by molar-refractivity contribution is 5.94. The minimum Gasteiger partial charge on any atom is -0.497 e. The summed E-state index contributed by atoms with van der Waals surface area (Å²) in [5.74, 6) is 1.51. The van der Waals surface area contributed by atoms with Gasteiger partial charge >= 0.3 is 0 Å². The standard InChI is InChI=1S/C20H23N5O2/c1-3-7-25-12-15(11-22-25)19-23-17-9-14(10-21-20(26)18(17)24-19)13-5-4-6-16(8-13)27-2/h4-6,8,11-12,14H,3,7,9-10H2,1-2H3,(H,21,26)(H,23,24). The van der Waals surface area contributed by atoms with Crippen LogP contribution in [0.5, 0.6) is 5.75 Å². The summed E-state index contributed by atoms with van der Waals surface area (Å²) in [7, 11) is 1.66. The molecule has 140 valence electrons. The first-order valence-electron chi connectivity index (χ1n) is 9.21. The van der Waals surface area contributed by atoms with E-state index in [0.717, 1.165) is 35.5 Å². The van der Waals surface area contributed by atoms with Crippen molar-refractivity contribution in [3.8, 4) is 17.1 Å². The van der Waals surface area contributed by atoms with Crippen LogP contribution in [0, 0.1) is 0 Å². The molecule has 1 aliphatic heterocycles. The van der Waals surface area contributed by atoms with Crippen molar-refractivity contribution >= 4 is 5.91 Å². The van der Waals surface area contributed by atoms with E-state index >= 15 is 0 Å². The van der Waals surface area contributed by atoms with Crippen LogP contribution < -0.4 is 10.1 Å². The maximum Gasteiger partial charge on any atom is 0.271 e. The number of aromatic amines is 1.